The van der Waals surface area contributed by atoms with Crippen LogP contribution < -0.4 is 14.2 Å². The van der Waals surface area contributed by atoms with Gasteiger partial charge in [0.25, 0.3) is 0 Å². The van der Waals surface area contributed by atoms with Gasteiger partial charge < -0.3 is 14.2 Å². The molecule has 0 saturated carbocycles. The largest absolute Gasteiger partial charge is 0.482 e. The Bertz CT molecular complexity index is 876. The van der Waals surface area contributed by atoms with Crippen LogP contribution in [0.4, 0.5) is 0 Å². The number of carbonyl (C=O) groups is 1. The second kappa shape index (κ2) is 8.16. The molecule has 0 aliphatic heterocycles. The van der Waals surface area contributed by atoms with E-state index in [0.717, 1.165) is 11.1 Å². The first-order valence-electron chi connectivity index (χ1n) is 8.20. The molecule has 0 aliphatic carbocycles. The third-order valence-electron chi connectivity index (χ3n) is 3.82. The molecule has 1 heterocycles. The van der Waals surface area contributed by atoms with Crippen molar-refractivity contribution in [2.24, 2.45) is 0 Å². The number of rotatable bonds is 6. The molecule has 0 aliphatic rings. The van der Waals surface area contributed by atoms with Crippen molar-refractivity contribution in [3.05, 3.63) is 78.0 Å². The third-order valence-corrected chi connectivity index (χ3v) is 3.82. The average Bonchev–Trinajstić information content (AvgIpc) is 2.66. The molecule has 0 amide bonds. The maximum atomic E-state index is 12.0. The van der Waals surface area contributed by atoms with E-state index in [1.54, 1.807) is 42.6 Å². The Hall–Kier alpha value is -3.34. The summed E-state index contributed by atoms with van der Waals surface area (Å²) in [6.07, 6.45) is 1.66. The Kier molecular flexibility index (Phi) is 5.49. The number of aryl methyl sites for hydroxylation is 1. The topological polar surface area (TPSA) is 57.7 Å². The molecule has 3 aromatic rings. The zero-order valence-electron chi connectivity index (χ0n) is 14.6. The lowest BCUT2D eigenvalue weighted by Gasteiger charge is -2.10. The number of nitrogens with zero attached hydrogens (tertiary/aromatic N) is 1. The van der Waals surface area contributed by atoms with Gasteiger partial charge in [0.05, 0.1) is 0 Å². The van der Waals surface area contributed by atoms with E-state index in [1.165, 1.54) is 0 Å². The van der Waals surface area contributed by atoms with Gasteiger partial charge in [-0.1, -0.05) is 18.2 Å². The van der Waals surface area contributed by atoms with Crippen LogP contribution in [0.2, 0.25) is 0 Å². The van der Waals surface area contributed by atoms with Gasteiger partial charge in [0.2, 0.25) is 5.88 Å². The molecule has 26 heavy (non-hydrogen) atoms. The molecule has 132 valence electrons. The van der Waals surface area contributed by atoms with E-state index >= 15 is 0 Å². The molecule has 0 radical (unpaired) electrons. The molecule has 1 aromatic heterocycles. The van der Waals surface area contributed by atoms with Crippen molar-refractivity contribution in [2.75, 3.05) is 6.61 Å². The van der Waals surface area contributed by atoms with E-state index < -0.39 is 5.97 Å². The standard InChI is InChI=1S/C21H19NO4/c1-15-6-5-7-19(16(15)2)26-21(23)14-24-17-9-11-18(12-10-17)25-20-8-3-4-13-22-20/h3-13H,14H2,1-2H3. The van der Waals surface area contributed by atoms with Crippen molar-refractivity contribution in [1.29, 1.82) is 0 Å². The van der Waals surface area contributed by atoms with E-state index in [4.69, 9.17) is 14.2 Å². The van der Waals surface area contributed by atoms with Crippen molar-refractivity contribution in [3.8, 4) is 23.1 Å². The number of aromatic nitrogens is 1. The molecule has 2 aromatic carbocycles. The van der Waals surface area contributed by atoms with Gasteiger partial charge in [-0.3, -0.25) is 0 Å². The first-order valence-corrected chi connectivity index (χ1v) is 8.20. The summed E-state index contributed by atoms with van der Waals surface area (Å²) in [4.78, 5) is 16.1. The van der Waals surface area contributed by atoms with Crippen molar-refractivity contribution in [3.63, 3.8) is 0 Å². The van der Waals surface area contributed by atoms with Gasteiger partial charge in [0.1, 0.15) is 17.2 Å². The van der Waals surface area contributed by atoms with Crippen LogP contribution in [0.25, 0.3) is 0 Å². The fourth-order valence-electron chi connectivity index (χ4n) is 2.26. The van der Waals surface area contributed by atoms with Crippen LogP contribution in [-0.4, -0.2) is 17.6 Å². The Morgan fingerprint density at radius 3 is 2.42 bits per heavy atom. The Morgan fingerprint density at radius 1 is 0.923 bits per heavy atom. The maximum Gasteiger partial charge on any atom is 0.349 e. The smallest absolute Gasteiger partial charge is 0.349 e. The molecule has 5 heteroatoms. The lowest BCUT2D eigenvalue weighted by Crippen LogP contribution is -2.18. The number of esters is 1. The lowest BCUT2D eigenvalue weighted by atomic mass is 10.1. The molecule has 0 bridgehead atoms. The van der Waals surface area contributed by atoms with Crippen LogP contribution in [0, 0.1) is 13.8 Å². The highest BCUT2D eigenvalue weighted by Crippen LogP contribution is 2.23. The zero-order chi connectivity index (χ0) is 18.4. The fraction of sp³-hybridized carbons (Fsp3) is 0.143. The number of pyridine rings is 1. The summed E-state index contributed by atoms with van der Waals surface area (Å²) < 4.78 is 16.4. The lowest BCUT2D eigenvalue weighted by molar-refractivity contribution is -0.136. The quantitative estimate of drug-likeness (QED) is 0.485. The summed E-state index contributed by atoms with van der Waals surface area (Å²) in [5.74, 6) is 1.80. The van der Waals surface area contributed by atoms with Gasteiger partial charge in [-0.2, -0.15) is 0 Å². The molecule has 5 nitrogen and oxygen atoms in total. The Morgan fingerprint density at radius 2 is 1.69 bits per heavy atom. The number of ether oxygens (including phenoxy) is 3. The van der Waals surface area contributed by atoms with Crippen LogP contribution in [0.5, 0.6) is 23.1 Å². The van der Waals surface area contributed by atoms with E-state index in [9.17, 15) is 4.79 Å². The summed E-state index contributed by atoms with van der Waals surface area (Å²) in [6.45, 7) is 3.71. The third kappa shape index (κ3) is 4.60. The predicted molar refractivity (Wildman–Crippen MR) is 97.8 cm³/mol. The molecule has 0 N–H and O–H groups in total. The number of hydrogen-bond acceptors (Lipinski definition) is 5. The summed E-state index contributed by atoms with van der Waals surface area (Å²) in [5, 5.41) is 0. The molecule has 0 spiro atoms. The van der Waals surface area contributed by atoms with Crippen LogP contribution in [0.1, 0.15) is 11.1 Å². The van der Waals surface area contributed by atoms with E-state index in [-0.39, 0.29) is 6.61 Å². The van der Waals surface area contributed by atoms with Crippen LogP contribution in [-0.2, 0) is 4.79 Å². The monoisotopic (exact) mass is 349 g/mol. The predicted octanol–water partition coefficient (Wildman–Crippen LogP) is 4.48. The normalized spacial score (nSPS) is 10.2. The van der Waals surface area contributed by atoms with Crippen LogP contribution >= 0.6 is 0 Å². The molecule has 0 fully saturated rings. The van der Waals surface area contributed by atoms with Crippen molar-refractivity contribution in [1.82, 2.24) is 4.98 Å². The minimum absolute atomic E-state index is 0.173. The maximum absolute atomic E-state index is 12.0. The number of hydrogen-bond donors (Lipinski definition) is 0. The van der Waals surface area contributed by atoms with Crippen molar-refractivity contribution < 1.29 is 19.0 Å². The molecule has 0 saturated heterocycles. The van der Waals surface area contributed by atoms with Gasteiger partial charge >= 0.3 is 5.97 Å². The average molecular weight is 349 g/mol. The van der Waals surface area contributed by atoms with Gasteiger partial charge in [0.15, 0.2) is 6.61 Å². The zero-order valence-corrected chi connectivity index (χ0v) is 14.6. The van der Waals surface area contributed by atoms with Crippen molar-refractivity contribution in [2.45, 2.75) is 13.8 Å². The molecular formula is C21H19NO4. The highest BCUT2D eigenvalue weighted by Gasteiger charge is 2.09. The molecule has 0 unspecified atom stereocenters. The van der Waals surface area contributed by atoms with E-state index in [0.29, 0.717) is 23.1 Å². The first kappa shape index (κ1) is 17.5. The van der Waals surface area contributed by atoms with Gasteiger partial charge in [-0.05, 0) is 61.4 Å². The highest BCUT2D eigenvalue weighted by atomic mass is 16.6. The SMILES string of the molecule is Cc1cccc(OC(=O)COc2ccc(Oc3ccccn3)cc2)c1C. The highest BCUT2D eigenvalue weighted by molar-refractivity contribution is 5.74. The Labute approximate surface area is 152 Å². The molecular weight excluding hydrogens is 330 g/mol. The number of carbonyl (C=O) groups excluding carboxylic acids is 1. The minimum atomic E-state index is -0.451. The van der Waals surface area contributed by atoms with Crippen molar-refractivity contribution >= 4 is 5.97 Å². The van der Waals surface area contributed by atoms with Gasteiger partial charge in [-0.25, -0.2) is 9.78 Å². The van der Waals surface area contributed by atoms with E-state index in [1.807, 2.05) is 38.1 Å². The van der Waals surface area contributed by atoms with Gasteiger partial charge in [0, 0.05) is 12.3 Å². The summed E-state index contributed by atoms with van der Waals surface area (Å²) in [7, 11) is 0. The second-order valence-corrected chi connectivity index (χ2v) is 5.70. The number of benzene rings is 2. The van der Waals surface area contributed by atoms with E-state index in [2.05, 4.69) is 4.98 Å². The first-order chi connectivity index (χ1) is 12.6. The van der Waals surface area contributed by atoms with Gasteiger partial charge in [-0.15, -0.1) is 0 Å². The summed E-state index contributed by atoms with van der Waals surface area (Å²) in [5.41, 5.74) is 2.01. The minimum Gasteiger partial charge on any atom is -0.482 e. The van der Waals surface area contributed by atoms with Crippen LogP contribution in [0.3, 0.4) is 0 Å². The van der Waals surface area contributed by atoms with Crippen LogP contribution in [0.15, 0.2) is 66.9 Å². The molecule has 0 atom stereocenters. The second-order valence-electron chi connectivity index (χ2n) is 5.70. The summed E-state index contributed by atoms with van der Waals surface area (Å²) in [6, 6.07) is 18.0. The molecule has 3 rings (SSSR count). The Balaban J connectivity index is 1.53. The summed E-state index contributed by atoms with van der Waals surface area (Å²) >= 11 is 0. The fourth-order valence-corrected chi connectivity index (χ4v) is 2.26.